The molecule has 4 atom stereocenters. The first-order valence-corrected chi connectivity index (χ1v) is 12.8. The first-order valence-electron chi connectivity index (χ1n) is 12.4. The Bertz CT molecular complexity index is 1110. The molecule has 1 fully saturated rings. The summed E-state index contributed by atoms with van der Waals surface area (Å²) in [6, 6.07) is 14.3. The Hall–Kier alpha value is -2.06. The van der Waals surface area contributed by atoms with Gasteiger partial charge in [0, 0.05) is 17.6 Å². The van der Waals surface area contributed by atoms with Gasteiger partial charge >= 0.3 is 5.97 Å². The van der Waals surface area contributed by atoms with E-state index in [1.807, 2.05) is 18.2 Å². The smallest absolute Gasteiger partial charge is 0.315 e. The summed E-state index contributed by atoms with van der Waals surface area (Å²) >= 11 is 4.58. The number of hydrogen-bond acceptors (Lipinski definition) is 6. The molecule has 3 aliphatic rings. The fraction of sp³-hybridized carbons (Fsp3) is 0.536. The van der Waals surface area contributed by atoms with Gasteiger partial charge in [-0.3, -0.25) is 4.79 Å². The highest BCUT2D eigenvalue weighted by Gasteiger charge is 2.83. The van der Waals surface area contributed by atoms with Crippen LogP contribution in [0.3, 0.4) is 0 Å². The number of hydrogen-bond donors (Lipinski definition) is 4. The molecule has 7 heteroatoms. The van der Waals surface area contributed by atoms with Gasteiger partial charge in [0.15, 0.2) is 4.93 Å². The van der Waals surface area contributed by atoms with Crippen LogP contribution in [0.15, 0.2) is 42.5 Å². The molecule has 2 aliphatic carbocycles. The number of benzene rings is 2. The van der Waals surface area contributed by atoms with E-state index in [9.17, 15) is 15.0 Å². The maximum absolute atomic E-state index is 11.8. The Kier molecular flexibility index (Phi) is 6.19. The number of aliphatic hydroxyl groups is 1. The van der Waals surface area contributed by atoms with Crippen LogP contribution in [0, 0.1) is 11.3 Å². The standard InChI is InChI=1S/C28H35NO5S/c1-26(2,13-17-11-18-7-4-5-8-19(18)12-17)29-14-21(30)16-33-15-20-9-6-10-22-23(20)24-27(3,25(31)32)28(24,35)34-22/h4-10,17,21,24,29-30,35H,11-16H2,1-3H3,(H,31,32)/t21-,24+,27-,28+/m1/s1. The van der Waals surface area contributed by atoms with Gasteiger partial charge in [0.25, 0.3) is 0 Å². The number of nitrogens with one attached hydrogen (secondary N) is 1. The van der Waals surface area contributed by atoms with Crippen molar-refractivity contribution in [3.05, 3.63) is 64.7 Å². The van der Waals surface area contributed by atoms with E-state index in [0.29, 0.717) is 18.2 Å². The van der Waals surface area contributed by atoms with Gasteiger partial charge < -0.3 is 25.0 Å². The van der Waals surface area contributed by atoms with Crippen LogP contribution in [-0.2, 0) is 29.0 Å². The lowest BCUT2D eigenvalue weighted by molar-refractivity contribution is -0.144. The summed E-state index contributed by atoms with van der Waals surface area (Å²) in [5.41, 5.74) is 3.52. The van der Waals surface area contributed by atoms with E-state index in [-0.39, 0.29) is 24.7 Å². The zero-order chi connectivity index (χ0) is 25.0. The molecular formula is C28H35NO5S. The first-order chi connectivity index (χ1) is 16.5. The van der Waals surface area contributed by atoms with E-state index < -0.39 is 22.4 Å². The summed E-state index contributed by atoms with van der Waals surface area (Å²) in [5, 5.41) is 23.8. The molecule has 188 valence electrons. The van der Waals surface area contributed by atoms with Gasteiger partial charge in [-0.15, -0.1) is 12.6 Å². The molecule has 1 saturated carbocycles. The molecule has 0 amide bonds. The number of carboxylic acids is 1. The second-order valence-corrected chi connectivity index (χ2v) is 11.9. The second-order valence-electron chi connectivity index (χ2n) is 11.2. The Morgan fingerprint density at radius 1 is 1.23 bits per heavy atom. The van der Waals surface area contributed by atoms with Gasteiger partial charge in [0.05, 0.1) is 25.2 Å². The lowest BCUT2D eigenvalue weighted by atomic mass is 9.88. The molecule has 0 spiro atoms. The Labute approximate surface area is 212 Å². The van der Waals surface area contributed by atoms with Crippen LogP contribution in [-0.4, -0.2) is 45.9 Å². The van der Waals surface area contributed by atoms with Gasteiger partial charge in [-0.25, -0.2) is 0 Å². The molecule has 0 unspecified atom stereocenters. The maximum Gasteiger partial charge on any atom is 0.315 e. The van der Waals surface area contributed by atoms with Crippen molar-refractivity contribution in [1.29, 1.82) is 0 Å². The van der Waals surface area contributed by atoms with Crippen LogP contribution in [0.25, 0.3) is 0 Å². The minimum atomic E-state index is -1.06. The van der Waals surface area contributed by atoms with Crippen molar-refractivity contribution in [1.82, 2.24) is 5.32 Å². The Balaban J connectivity index is 1.10. The number of thiol groups is 1. The number of carboxylic acid groups (broad SMARTS) is 1. The highest BCUT2D eigenvalue weighted by Crippen LogP contribution is 2.76. The van der Waals surface area contributed by atoms with Crippen molar-refractivity contribution in [2.75, 3.05) is 13.2 Å². The molecule has 35 heavy (non-hydrogen) atoms. The van der Waals surface area contributed by atoms with Crippen molar-refractivity contribution in [2.45, 2.75) is 69.1 Å². The number of β-amino-alcohol motifs (C(OH)–C–C–N with tert-alkyl or cyclic N) is 1. The van der Waals surface area contributed by atoms with E-state index >= 15 is 0 Å². The fourth-order valence-corrected chi connectivity index (χ4v) is 6.78. The van der Waals surface area contributed by atoms with Crippen LogP contribution in [0.2, 0.25) is 0 Å². The molecule has 0 saturated heterocycles. The molecule has 1 aliphatic heterocycles. The molecule has 0 radical (unpaired) electrons. The van der Waals surface area contributed by atoms with Crippen LogP contribution in [0.4, 0.5) is 0 Å². The summed E-state index contributed by atoms with van der Waals surface area (Å²) in [6.45, 7) is 6.97. The zero-order valence-electron chi connectivity index (χ0n) is 20.6. The molecule has 3 N–H and O–H groups in total. The first kappa shape index (κ1) is 24.6. The van der Waals surface area contributed by atoms with E-state index in [1.165, 1.54) is 11.1 Å². The van der Waals surface area contributed by atoms with Crippen LogP contribution < -0.4 is 10.1 Å². The number of aliphatic carboxylic acids is 1. The maximum atomic E-state index is 11.8. The number of carbonyl (C=O) groups is 1. The van der Waals surface area contributed by atoms with E-state index in [0.717, 1.165) is 30.4 Å². The molecule has 2 aromatic carbocycles. The van der Waals surface area contributed by atoms with Crippen molar-refractivity contribution in [3.8, 4) is 5.75 Å². The summed E-state index contributed by atoms with van der Waals surface area (Å²) < 4.78 is 11.8. The predicted octanol–water partition coefficient (Wildman–Crippen LogP) is 3.94. The molecular weight excluding hydrogens is 462 g/mol. The third-order valence-corrected chi connectivity index (χ3v) is 8.92. The van der Waals surface area contributed by atoms with E-state index in [4.69, 9.17) is 9.47 Å². The summed E-state index contributed by atoms with van der Waals surface area (Å²) in [5.74, 6) is 0.0515. The average molecular weight is 498 g/mol. The van der Waals surface area contributed by atoms with Crippen molar-refractivity contribution < 1.29 is 24.5 Å². The van der Waals surface area contributed by atoms with E-state index in [1.54, 1.807) is 6.92 Å². The third kappa shape index (κ3) is 4.26. The number of fused-ring (bicyclic) bond motifs is 4. The van der Waals surface area contributed by atoms with Crippen molar-refractivity contribution >= 4 is 18.6 Å². The highest BCUT2D eigenvalue weighted by molar-refractivity contribution is 7.82. The summed E-state index contributed by atoms with van der Waals surface area (Å²) in [7, 11) is 0. The normalized spacial score (nSPS) is 27.6. The van der Waals surface area contributed by atoms with Gasteiger partial charge in [0.2, 0.25) is 0 Å². The largest absolute Gasteiger partial charge is 0.481 e. The molecule has 2 aromatic rings. The number of ether oxygens (including phenoxy) is 2. The summed E-state index contributed by atoms with van der Waals surface area (Å²) in [6.07, 6.45) is 2.64. The molecule has 0 bridgehead atoms. The lowest BCUT2D eigenvalue weighted by Crippen LogP contribution is -2.45. The highest BCUT2D eigenvalue weighted by atomic mass is 32.1. The molecule has 0 aromatic heterocycles. The average Bonchev–Trinajstić information content (AvgIpc) is 3.11. The van der Waals surface area contributed by atoms with Gasteiger partial charge in [-0.2, -0.15) is 0 Å². The van der Waals surface area contributed by atoms with Gasteiger partial charge in [-0.1, -0.05) is 36.4 Å². The SMILES string of the molecule is CC(C)(CC1Cc2ccccc2C1)NC[C@@H](O)COCc1cccc2c1[C@H]1[C@](C)(C(=O)O)[C@]1(S)O2. The van der Waals surface area contributed by atoms with Gasteiger partial charge in [-0.05, 0) is 68.7 Å². The molecule has 1 heterocycles. The topological polar surface area (TPSA) is 88.0 Å². The summed E-state index contributed by atoms with van der Waals surface area (Å²) in [4.78, 5) is 10.8. The van der Waals surface area contributed by atoms with Crippen molar-refractivity contribution in [3.63, 3.8) is 0 Å². The third-order valence-electron chi connectivity index (χ3n) is 8.10. The quantitative estimate of drug-likeness (QED) is 0.372. The van der Waals surface area contributed by atoms with Gasteiger partial charge in [0.1, 0.15) is 11.2 Å². The lowest BCUT2D eigenvalue weighted by Gasteiger charge is -2.30. The van der Waals surface area contributed by atoms with Crippen LogP contribution in [0.5, 0.6) is 5.75 Å². The van der Waals surface area contributed by atoms with E-state index in [2.05, 4.69) is 56.1 Å². The minimum absolute atomic E-state index is 0.0888. The monoisotopic (exact) mass is 497 g/mol. The fourth-order valence-electron chi connectivity index (χ4n) is 6.14. The number of aliphatic hydroxyl groups excluding tert-OH is 1. The zero-order valence-corrected chi connectivity index (χ0v) is 21.5. The minimum Gasteiger partial charge on any atom is -0.481 e. The molecule has 6 nitrogen and oxygen atoms in total. The van der Waals surface area contributed by atoms with Crippen LogP contribution in [0.1, 0.15) is 55.4 Å². The molecule has 5 rings (SSSR count). The number of rotatable bonds is 10. The second kappa shape index (κ2) is 8.80. The Morgan fingerprint density at radius 3 is 2.57 bits per heavy atom. The van der Waals surface area contributed by atoms with Crippen LogP contribution >= 0.6 is 12.6 Å². The van der Waals surface area contributed by atoms with Crippen molar-refractivity contribution in [2.24, 2.45) is 11.3 Å². The predicted molar refractivity (Wildman–Crippen MR) is 137 cm³/mol. The Morgan fingerprint density at radius 2 is 1.91 bits per heavy atom.